The number of benzene rings is 1. The van der Waals surface area contributed by atoms with E-state index in [0.717, 1.165) is 22.6 Å². The Morgan fingerprint density at radius 1 is 1.10 bits per heavy atom. The first-order valence-electron chi connectivity index (χ1n) is 9.97. The zero-order valence-electron chi connectivity index (χ0n) is 18.9. The fraction of sp³-hybridized carbons (Fsp3) is 0.435. The number of hydrogen-bond donors (Lipinski definition) is 2. The molecule has 1 aromatic carbocycles. The van der Waals surface area contributed by atoms with Crippen molar-refractivity contribution in [1.82, 2.24) is 20.4 Å². The van der Waals surface area contributed by atoms with Gasteiger partial charge in [0.15, 0.2) is 0 Å². The van der Waals surface area contributed by atoms with Gasteiger partial charge in [0.2, 0.25) is 5.91 Å². The quantitative estimate of drug-likeness (QED) is 0.704. The summed E-state index contributed by atoms with van der Waals surface area (Å²) in [4.78, 5) is 24.3. The predicted octanol–water partition coefficient (Wildman–Crippen LogP) is 3.92. The molecule has 0 bridgehead atoms. The first kappa shape index (κ1) is 23.2. The summed E-state index contributed by atoms with van der Waals surface area (Å²) in [7, 11) is 0. The van der Waals surface area contributed by atoms with Crippen LogP contribution in [0.2, 0.25) is 0 Å². The molecule has 7 nitrogen and oxygen atoms in total. The molecule has 0 saturated carbocycles. The largest absolute Gasteiger partial charge is 0.444 e. The number of aryl methyl sites for hydroxylation is 1. The maximum Gasteiger partial charge on any atom is 0.407 e. The van der Waals surface area contributed by atoms with E-state index >= 15 is 0 Å². The van der Waals surface area contributed by atoms with Crippen molar-refractivity contribution in [3.8, 4) is 5.69 Å². The number of amides is 2. The minimum atomic E-state index is -0.642. The third-order valence-corrected chi connectivity index (χ3v) is 4.28. The van der Waals surface area contributed by atoms with Crippen molar-refractivity contribution in [3.05, 3.63) is 53.4 Å². The molecule has 0 aliphatic carbocycles. The highest BCUT2D eigenvalue weighted by atomic mass is 16.6. The fourth-order valence-electron chi connectivity index (χ4n) is 2.90. The van der Waals surface area contributed by atoms with Crippen molar-refractivity contribution in [2.45, 2.75) is 59.6 Å². The summed E-state index contributed by atoms with van der Waals surface area (Å²) in [5, 5.41) is 10.2. The number of para-hydroxylation sites is 1. The molecule has 7 heteroatoms. The van der Waals surface area contributed by atoms with Crippen molar-refractivity contribution < 1.29 is 14.3 Å². The Bertz CT molecular complexity index is 922. The standard InChI is InChI=1S/C23H32N4O3/c1-16-19(17(2)27(26-16)18-11-9-8-10-12-18)13-14-20(28)25-23(6,7)15-24-21(29)30-22(3,4)5/h8-14H,15H2,1-7H3,(H,24,29)(H,25,28)/b14-13+. The van der Waals surface area contributed by atoms with E-state index in [1.54, 1.807) is 26.8 Å². The van der Waals surface area contributed by atoms with Crippen LogP contribution in [0.4, 0.5) is 4.79 Å². The highest BCUT2D eigenvalue weighted by molar-refractivity contribution is 5.92. The van der Waals surface area contributed by atoms with E-state index in [1.165, 1.54) is 6.08 Å². The Labute approximate surface area is 178 Å². The van der Waals surface area contributed by atoms with Gasteiger partial charge in [-0.2, -0.15) is 5.10 Å². The molecule has 0 aliphatic rings. The number of alkyl carbamates (subject to hydrolysis) is 1. The van der Waals surface area contributed by atoms with Gasteiger partial charge in [-0.3, -0.25) is 4.79 Å². The third kappa shape index (κ3) is 6.76. The summed E-state index contributed by atoms with van der Waals surface area (Å²) in [5.41, 5.74) is 2.45. The first-order chi connectivity index (χ1) is 13.9. The van der Waals surface area contributed by atoms with Gasteiger partial charge >= 0.3 is 6.09 Å². The van der Waals surface area contributed by atoms with Crippen LogP contribution >= 0.6 is 0 Å². The van der Waals surface area contributed by atoms with E-state index < -0.39 is 17.2 Å². The number of rotatable bonds is 6. The van der Waals surface area contributed by atoms with E-state index in [1.807, 2.05) is 62.7 Å². The van der Waals surface area contributed by atoms with Crippen LogP contribution in [0.5, 0.6) is 0 Å². The first-order valence-corrected chi connectivity index (χ1v) is 9.97. The normalized spacial score (nSPS) is 12.1. The Hall–Kier alpha value is -3.09. The number of aromatic nitrogens is 2. The smallest absolute Gasteiger partial charge is 0.407 e. The molecule has 2 amide bonds. The minimum absolute atomic E-state index is 0.242. The molecule has 0 aliphatic heterocycles. The molecular weight excluding hydrogens is 380 g/mol. The molecule has 0 radical (unpaired) electrons. The zero-order valence-corrected chi connectivity index (χ0v) is 18.9. The lowest BCUT2D eigenvalue weighted by Gasteiger charge is -2.27. The topological polar surface area (TPSA) is 85.3 Å². The van der Waals surface area contributed by atoms with Gasteiger partial charge in [0.1, 0.15) is 5.60 Å². The van der Waals surface area contributed by atoms with Crippen LogP contribution in [0.3, 0.4) is 0 Å². The van der Waals surface area contributed by atoms with Crippen molar-refractivity contribution >= 4 is 18.1 Å². The number of carbonyl (C=O) groups is 2. The molecule has 0 fully saturated rings. The van der Waals surface area contributed by atoms with Crippen LogP contribution in [-0.2, 0) is 9.53 Å². The predicted molar refractivity (Wildman–Crippen MR) is 119 cm³/mol. The molecule has 0 atom stereocenters. The second-order valence-electron chi connectivity index (χ2n) is 8.89. The summed E-state index contributed by atoms with van der Waals surface area (Å²) in [6.07, 6.45) is 2.74. The lowest BCUT2D eigenvalue weighted by molar-refractivity contribution is -0.117. The van der Waals surface area contributed by atoms with Crippen LogP contribution in [0.1, 0.15) is 51.6 Å². The fourth-order valence-corrected chi connectivity index (χ4v) is 2.90. The van der Waals surface area contributed by atoms with Crippen molar-refractivity contribution in [3.63, 3.8) is 0 Å². The van der Waals surface area contributed by atoms with Gasteiger partial charge in [-0.1, -0.05) is 18.2 Å². The molecule has 0 saturated heterocycles. The van der Waals surface area contributed by atoms with Crippen LogP contribution < -0.4 is 10.6 Å². The summed E-state index contributed by atoms with van der Waals surface area (Å²) in [6, 6.07) is 9.85. The van der Waals surface area contributed by atoms with Gasteiger partial charge in [-0.25, -0.2) is 9.48 Å². The number of nitrogens with zero attached hydrogens (tertiary/aromatic N) is 2. The Morgan fingerprint density at radius 2 is 1.73 bits per heavy atom. The summed E-state index contributed by atoms with van der Waals surface area (Å²) < 4.78 is 7.09. The Kier molecular flexibility index (Phi) is 7.08. The number of ether oxygens (including phenoxy) is 1. The van der Waals surface area contributed by atoms with Crippen LogP contribution in [0.15, 0.2) is 36.4 Å². The van der Waals surface area contributed by atoms with Gasteiger partial charge in [0.25, 0.3) is 0 Å². The monoisotopic (exact) mass is 412 g/mol. The number of nitrogens with one attached hydrogen (secondary N) is 2. The van der Waals surface area contributed by atoms with Crippen molar-refractivity contribution in [2.75, 3.05) is 6.54 Å². The molecule has 2 rings (SSSR count). The summed E-state index contributed by atoms with van der Waals surface area (Å²) in [5.74, 6) is -0.253. The SMILES string of the molecule is Cc1nn(-c2ccccc2)c(C)c1/C=C/C(=O)NC(C)(C)CNC(=O)OC(C)(C)C. The van der Waals surface area contributed by atoms with Crippen LogP contribution in [-0.4, -0.2) is 39.5 Å². The highest BCUT2D eigenvalue weighted by Gasteiger charge is 2.23. The van der Waals surface area contributed by atoms with Crippen LogP contribution in [0.25, 0.3) is 11.8 Å². The van der Waals surface area contributed by atoms with Crippen molar-refractivity contribution in [2.24, 2.45) is 0 Å². The lowest BCUT2D eigenvalue weighted by Crippen LogP contribution is -2.51. The average molecular weight is 413 g/mol. The molecule has 2 N–H and O–H groups in total. The molecular formula is C23H32N4O3. The highest BCUT2D eigenvalue weighted by Crippen LogP contribution is 2.19. The molecule has 1 heterocycles. The Balaban J connectivity index is 2.01. The van der Waals surface area contributed by atoms with E-state index in [0.29, 0.717) is 0 Å². The molecule has 0 spiro atoms. The number of carbonyl (C=O) groups excluding carboxylic acids is 2. The van der Waals surface area contributed by atoms with E-state index in [2.05, 4.69) is 15.7 Å². The molecule has 2 aromatic rings. The van der Waals surface area contributed by atoms with E-state index in [-0.39, 0.29) is 12.5 Å². The number of hydrogen-bond acceptors (Lipinski definition) is 4. The maximum atomic E-state index is 12.4. The van der Waals surface area contributed by atoms with E-state index in [9.17, 15) is 9.59 Å². The van der Waals surface area contributed by atoms with Gasteiger partial charge in [0.05, 0.1) is 16.9 Å². The zero-order chi connectivity index (χ0) is 22.5. The second kappa shape index (κ2) is 9.15. The molecule has 0 unspecified atom stereocenters. The molecule has 162 valence electrons. The third-order valence-electron chi connectivity index (χ3n) is 4.28. The summed E-state index contributed by atoms with van der Waals surface area (Å²) in [6.45, 7) is 13.2. The van der Waals surface area contributed by atoms with Gasteiger partial charge in [-0.05, 0) is 66.7 Å². The van der Waals surface area contributed by atoms with Gasteiger partial charge in [0, 0.05) is 23.9 Å². The molecule has 1 aromatic heterocycles. The van der Waals surface area contributed by atoms with Crippen molar-refractivity contribution in [1.29, 1.82) is 0 Å². The van der Waals surface area contributed by atoms with Gasteiger partial charge < -0.3 is 15.4 Å². The van der Waals surface area contributed by atoms with Crippen LogP contribution in [0, 0.1) is 13.8 Å². The summed E-state index contributed by atoms with van der Waals surface area (Å²) >= 11 is 0. The lowest BCUT2D eigenvalue weighted by atomic mass is 10.1. The average Bonchev–Trinajstić information content (AvgIpc) is 2.91. The van der Waals surface area contributed by atoms with E-state index in [4.69, 9.17) is 4.74 Å². The Morgan fingerprint density at radius 3 is 2.33 bits per heavy atom. The maximum absolute atomic E-state index is 12.4. The van der Waals surface area contributed by atoms with Gasteiger partial charge in [-0.15, -0.1) is 0 Å². The second-order valence-corrected chi connectivity index (χ2v) is 8.89. The minimum Gasteiger partial charge on any atom is -0.444 e. The molecule has 30 heavy (non-hydrogen) atoms.